The van der Waals surface area contributed by atoms with Crippen LogP contribution in [-0.4, -0.2) is 36.5 Å². The van der Waals surface area contributed by atoms with E-state index in [9.17, 15) is 9.59 Å². The molecule has 0 bridgehead atoms. The Morgan fingerprint density at radius 2 is 1.92 bits per heavy atom. The lowest BCUT2D eigenvalue weighted by Crippen LogP contribution is -2.47. The van der Waals surface area contributed by atoms with Crippen LogP contribution in [0.2, 0.25) is 0 Å². The lowest BCUT2D eigenvalue weighted by Gasteiger charge is -2.35. The summed E-state index contributed by atoms with van der Waals surface area (Å²) in [6.07, 6.45) is 3.89. The second-order valence-corrected chi connectivity index (χ2v) is 7.46. The Morgan fingerprint density at radius 1 is 1.25 bits per heavy atom. The van der Waals surface area contributed by atoms with Crippen molar-refractivity contribution < 1.29 is 9.59 Å². The molecule has 1 aliphatic heterocycles. The van der Waals surface area contributed by atoms with Crippen molar-refractivity contribution in [3.63, 3.8) is 0 Å². The van der Waals surface area contributed by atoms with Crippen LogP contribution in [0.15, 0.2) is 18.2 Å². The zero-order valence-electron chi connectivity index (χ0n) is 14.6. The molecule has 0 aromatic heterocycles. The number of nitrogens with zero attached hydrogens (tertiary/aromatic N) is 1. The molecule has 1 aliphatic carbocycles. The van der Waals surface area contributed by atoms with Gasteiger partial charge in [0.15, 0.2) is 0 Å². The molecule has 1 aromatic carbocycles. The number of benzene rings is 1. The number of piperidine rings is 1. The van der Waals surface area contributed by atoms with Crippen LogP contribution in [0.1, 0.15) is 42.4 Å². The summed E-state index contributed by atoms with van der Waals surface area (Å²) in [4.78, 5) is 26.1. The van der Waals surface area contributed by atoms with Crippen LogP contribution < -0.4 is 11.1 Å². The van der Waals surface area contributed by atoms with E-state index in [1.165, 1.54) is 16.7 Å². The summed E-state index contributed by atoms with van der Waals surface area (Å²) in [6, 6.07) is 5.98. The molecular formula is C19H27N3O2. The molecule has 24 heavy (non-hydrogen) atoms. The molecule has 2 fully saturated rings. The lowest BCUT2D eigenvalue weighted by molar-refractivity contribution is -0.135. The number of likely N-dealkylation sites (tertiary alicyclic amines) is 1. The molecule has 1 saturated carbocycles. The van der Waals surface area contributed by atoms with E-state index in [0.29, 0.717) is 19.0 Å². The van der Waals surface area contributed by atoms with Crippen LogP contribution in [0.4, 0.5) is 4.79 Å². The number of carbonyl (C=O) groups excluding carboxylic acids is 2. The second-order valence-electron chi connectivity index (χ2n) is 7.46. The molecule has 5 nitrogen and oxygen atoms in total. The van der Waals surface area contributed by atoms with E-state index in [2.05, 4.69) is 37.4 Å². The van der Waals surface area contributed by atoms with E-state index in [1.54, 1.807) is 0 Å². The Morgan fingerprint density at radius 3 is 2.50 bits per heavy atom. The SMILES string of the molecule is Cc1cc(C)cc(C2(C(=O)N3CCCC(CNC(N)=O)C3)CC2)c1. The van der Waals surface area contributed by atoms with Gasteiger partial charge in [-0.15, -0.1) is 0 Å². The quantitative estimate of drug-likeness (QED) is 0.889. The first-order valence-electron chi connectivity index (χ1n) is 8.82. The third-order valence-electron chi connectivity index (χ3n) is 5.30. The third kappa shape index (κ3) is 3.40. The summed E-state index contributed by atoms with van der Waals surface area (Å²) in [7, 11) is 0. The van der Waals surface area contributed by atoms with Crippen molar-refractivity contribution in [1.82, 2.24) is 10.2 Å². The monoisotopic (exact) mass is 329 g/mol. The number of hydrogen-bond acceptors (Lipinski definition) is 2. The largest absolute Gasteiger partial charge is 0.352 e. The van der Waals surface area contributed by atoms with Gasteiger partial charge in [-0.2, -0.15) is 0 Å². The number of urea groups is 1. The zero-order valence-corrected chi connectivity index (χ0v) is 14.6. The second kappa shape index (κ2) is 6.46. The summed E-state index contributed by atoms with van der Waals surface area (Å²) in [6.45, 7) is 6.26. The fraction of sp³-hybridized carbons (Fsp3) is 0.579. The van der Waals surface area contributed by atoms with Gasteiger partial charge in [0.25, 0.3) is 0 Å². The van der Waals surface area contributed by atoms with Crippen LogP contribution in [0, 0.1) is 19.8 Å². The van der Waals surface area contributed by atoms with Crippen molar-refractivity contribution in [1.29, 1.82) is 0 Å². The van der Waals surface area contributed by atoms with Crippen molar-refractivity contribution in [3.8, 4) is 0 Å². The van der Waals surface area contributed by atoms with Crippen molar-refractivity contribution in [3.05, 3.63) is 34.9 Å². The number of primary amides is 1. The minimum absolute atomic E-state index is 0.260. The number of nitrogens with two attached hydrogens (primary N) is 1. The van der Waals surface area contributed by atoms with Crippen LogP contribution in [0.3, 0.4) is 0 Å². The molecule has 1 aromatic rings. The van der Waals surface area contributed by atoms with E-state index in [0.717, 1.165) is 32.2 Å². The summed E-state index contributed by atoms with van der Waals surface area (Å²) < 4.78 is 0. The van der Waals surface area contributed by atoms with Gasteiger partial charge in [-0.3, -0.25) is 4.79 Å². The average Bonchev–Trinajstić information content (AvgIpc) is 3.33. The molecule has 3 N–H and O–H groups in total. The van der Waals surface area contributed by atoms with Crippen LogP contribution >= 0.6 is 0 Å². The highest BCUT2D eigenvalue weighted by atomic mass is 16.2. The van der Waals surface area contributed by atoms with E-state index < -0.39 is 6.03 Å². The average molecular weight is 329 g/mol. The first-order valence-corrected chi connectivity index (χ1v) is 8.82. The minimum atomic E-state index is -0.493. The van der Waals surface area contributed by atoms with E-state index in [1.807, 2.05) is 4.90 Å². The minimum Gasteiger partial charge on any atom is -0.352 e. The standard InChI is InChI=1S/C19H27N3O2/c1-13-8-14(2)10-16(9-13)19(5-6-19)17(23)22-7-3-4-15(12-22)11-21-18(20)24/h8-10,15H,3-7,11-12H2,1-2H3,(H3,20,21,24). The molecule has 130 valence electrons. The Hall–Kier alpha value is -2.04. The Kier molecular flexibility index (Phi) is 4.52. The number of aryl methyl sites for hydroxylation is 2. The number of hydrogen-bond donors (Lipinski definition) is 2. The molecule has 2 aliphatic rings. The number of amides is 3. The van der Waals surface area contributed by atoms with Gasteiger partial charge in [-0.25, -0.2) is 4.79 Å². The van der Waals surface area contributed by atoms with Gasteiger partial charge >= 0.3 is 6.03 Å². The van der Waals surface area contributed by atoms with Crippen LogP contribution in [0.5, 0.6) is 0 Å². The predicted molar refractivity (Wildman–Crippen MR) is 93.7 cm³/mol. The van der Waals surface area contributed by atoms with Crippen molar-refractivity contribution in [2.24, 2.45) is 11.7 Å². The van der Waals surface area contributed by atoms with Gasteiger partial charge in [0.05, 0.1) is 5.41 Å². The van der Waals surface area contributed by atoms with E-state index in [4.69, 9.17) is 5.73 Å². The molecule has 3 amide bonds. The maximum atomic E-state index is 13.2. The highest BCUT2D eigenvalue weighted by Crippen LogP contribution is 2.50. The zero-order chi connectivity index (χ0) is 17.3. The predicted octanol–water partition coefficient (Wildman–Crippen LogP) is 2.24. The van der Waals surface area contributed by atoms with Gasteiger partial charge < -0.3 is 16.0 Å². The molecule has 5 heteroatoms. The van der Waals surface area contributed by atoms with Gasteiger partial charge in [0.1, 0.15) is 0 Å². The highest BCUT2D eigenvalue weighted by Gasteiger charge is 2.53. The van der Waals surface area contributed by atoms with Crippen molar-refractivity contribution in [2.45, 2.75) is 44.9 Å². The topological polar surface area (TPSA) is 75.4 Å². The number of nitrogens with one attached hydrogen (secondary N) is 1. The Bertz CT molecular complexity index is 632. The van der Waals surface area contributed by atoms with Crippen LogP contribution in [-0.2, 0) is 10.2 Å². The van der Waals surface area contributed by atoms with Crippen molar-refractivity contribution in [2.75, 3.05) is 19.6 Å². The molecule has 0 spiro atoms. The van der Waals surface area contributed by atoms with E-state index in [-0.39, 0.29) is 11.3 Å². The fourth-order valence-electron chi connectivity index (χ4n) is 3.97. The Balaban J connectivity index is 1.72. The summed E-state index contributed by atoms with van der Waals surface area (Å²) in [5.41, 5.74) is 8.44. The number of carbonyl (C=O) groups is 2. The smallest absolute Gasteiger partial charge is 0.312 e. The van der Waals surface area contributed by atoms with Gasteiger partial charge in [-0.05, 0) is 51.0 Å². The summed E-state index contributed by atoms with van der Waals surface area (Å²) in [5.74, 6) is 0.557. The van der Waals surface area contributed by atoms with Gasteiger partial charge in [0, 0.05) is 19.6 Å². The lowest BCUT2D eigenvalue weighted by atomic mass is 9.89. The molecule has 1 saturated heterocycles. The molecular weight excluding hydrogens is 302 g/mol. The molecule has 1 atom stereocenters. The molecule has 0 radical (unpaired) electrons. The third-order valence-corrected chi connectivity index (χ3v) is 5.30. The normalized spacial score (nSPS) is 22.1. The van der Waals surface area contributed by atoms with Crippen molar-refractivity contribution >= 4 is 11.9 Å². The maximum absolute atomic E-state index is 13.2. The fourth-order valence-corrected chi connectivity index (χ4v) is 3.97. The highest BCUT2D eigenvalue weighted by molar-refractivity contribution is 5.91. The van der Waals surface area contributed by atoms with Gasteiger partial charge in [-0.1, -0.05) is 29.3 Å². The number of rotatable bonds is 4. The summed E-state index contributed by atoms with van der Waals surface area (Å²) >= 11 is 0. The molecule has 1 heterocycles. The van der Waals surface area contributed by atoms with Crippen LogP contribution in [0.25, 0.3) is 0 Å². The first kappa shape index (κ1) is 16.8. The Labute approximate surface area is 143 Å². The first-order chi connectivity index (χ1) is 11.4. The van der Waals surface area contributed by atoms with Gasteiger partial charge in [0.2, 0.25) is 5.91 Å². The molecule has 1 unspecified atom stereocenters. The maximum Gasteiger partial charge on any atom is 0.312 e. The van der Waals surface area contributed by atoms with E-state index >= 15 is 0 Å². The molecule has 3 rings (SSSR count). The summed E-state index contributed by atoms with van der Waals surface area (Å²) in [5, 5.41) is 2.68.